The highest BCUT2D eigenvalue weighted by Crippen LogP contribution is 2.45. The van der Waals surface area contributed by atoms with Gasteiger partial charge in [0.25, 0.3) is 0 Å². The number of anilines is 1. The average Bonchev–Trinajstić information content (AvgIpc) is 2.49. The monoisotopic (exact) mass is 433 g/mol. The molecule has 1 aliphatic rings. The van der Waals surface area contributed by atoms with E-state index >= 15 is 0 Å². The lowest BCUT2D eigenvalue weighted by atomic mass is 9.66. The van der Waals surface area contributed by atoms with E-state index in [0.717, 1.165) is 12.2 Å². The predicted molar refractivity (Wildman–Crippen MR) is 106 cm³/mol. The van der Waals surface area contributed by atoms with E-state index in [1.807, 2.05) is 18.2 Å². The molecule has 0 spiro atoms. The Bertz CT molecular complexity index is 531. The Hall–Kier alpha value is -1.18. The van der Waals surface area contributed by atoms with Crippen LogP contribution in [-0.2, 0) is 0 Å². The highest BCUT2D eigenvalue weighted by molar-refractivity contribution is 14.0. The summed E-state index contributed by atoms with van der Waals surface area (Å²) in [5.41, 5.74) is 7.25. The molecule has 0 bridgehead atoms. The van der Waals surface area contributed by atoms with Crippen molar-refractivity contribution in [3.05, 3.63) is 18.2 Å². The molecular weight excluding hydrogens is 405 g/mol. The van der Waals surface area contributed by atoms with Crippen LogP contribution in [0.15, 0.2) is 23.2 Å². The van der Waals surface area contributed by atoms with Gasteiger partial charge in [0.05, 0.1) is 14.2 Å². The van der Waals surface area contributed by atoms with E-state index in [2.05, 4.69) is 17.2 Å². The SMILES string of the molecule is CCCC1(CN=C(N)Nc2ccc(OC)c(OC)c2)CCC1.I. The summed E-state index contributed by atoms with van der Waals surface area (Å²) in [6.45, 7) is 3.04. The second-order valence-corrected chi connectivity index (χ2v) is 6.00. The smallest absolute Gasteiger partial charge is 0.193 e. The van der Waals surface area contributed by atoms with Crippen LogP contribution < -0.4 is 20.5 Å². The summed E-state index contributed by atoms with van der Waals surface area (Å²) in [4.78, 5) is 4.54. The fourth-order valence-corrected chi connectivity index (χ4v) is 3.05. The van der Waals surface area contributed by atoms with Crippen molar-refractivity contribution in [2.75, 3.05) is 26.1 Å². The van der Waals surface area contributed by atoms with Gasteiger partial charge in [-0.25, -0.2) is 0 Å². The molecular formula is C17H28IN3O2. The molecule has 0 atom stereocenters. The number of halogens is 1. The van der Waals surface area contributed by atoms with E-state index in [4.69, 9.17) is 15.2 Å². The van der Waals surface area contributed by atoms with Gasteiger partial charge in [0.1, 0.15) is 0 Å². The van der Waals surface area contributed by atoms with E-state index in [0.29, 0.717) is 22.9 Å². The molecule has 6 heteroatoms. The predicted octanol–water partition coefficient (Wildman–Crippen LogP) is 4.02. The van der Waals surface area contributed by atoms with Crippen molar-refractivity contribution >= 4 is 35.6 Å². The summed E-state index contributed by atoms with van der Waals surface area (Å²) >= 11 is 0. The third-order valence-electron chi connectivity index (χ3n) is 4.44. The maximum Gasteiger partial charge on any atom is 0.193 e. The number of rotatable bonds is 7. The minimum absolute atomic E-state index is 0. The lowest BCUT2D eigenvalue weighted by molar-refractivity contribution is 0.130. The summed E-state index contributed by atoms with van der Waals surface area (Å²) in [7, 11) is 3.23. The Morgan fingerprint density at radius 1 is 1.26 bits per heavy atom. The zero-order chi connectivity index (χ0) is 16.0. The first kappa shape index (κ1) is 19.9. The Morgan fingerprint density at radius 3 is 2.48 bits per heavy atom. The van der Waals surface area contributed by atoms with Gasteiger partial charge in [0, 0.05) is 18.3 Å². The van der Waals surface area contributed by atoms with Gasteiger partial charge in [-0.2, -0.15) is 0 Å². The van der Waals surface area contributed by atoms with Gasteiger partial charge in [0.2, 0.25) is 0 Å². The lowest BCUT2D eigenvalue weighted by Gasteiger charge is -2.40. The number of nitrogens with two attached hydrogens (primary N) is 1. The second kappa shape index (κ2) is 9.20. The number of aliphatic imine (C=N–C) groups is 1. The molecule has 0 radical (unpaired) electrons. The molecule has 1 aliphatic carbocycles. The molecule has 0 heterocycles. The molecule has 0 aliphatic heterocycles. The van der Waals surface area contributed by atoms with Gasteiger partial charge in [-0.3, -0.25) is 4.99 Å². The summed E-state index contributed by atoms with van der Waals surface area (Å²) in [6, 6.07) is 5.60. The molecule has 1 fully saturated rings. The normalized spacial score (nSPS) is 16.0. The molecule has 1 aromatic rings. The number of guanidine groups is 1. The van der Waals surface area contributed by atoms with Crippen molar-refractivity contribution < 1.29 is 9.47 Å². The molecule has 0 amide bonds. The number of ether oxygens (including phenoxy) is 2. The van der Waals surface area contributed by atoms with Crippen LogP contribution in [0, 0.1) is 5.41 Å². The molecule has 0 aromatic heterocycles. The van der Waals surface area contributed by atoms with Gasteiger partial charge in [-0.05, 0) is 36.8 Å². The summed E-state index contributed by atoms with van der Waals surface area (Å²) < 4.78 is 10.5. The summed E-state index contributed by atoms with van der Waals surface area (Å²) in [5.74, 6) is 1.82. The minimum Gasteiger partial charge on any atom is -0.493 e. The molecule has 3 N–H and O–H groups in total. The highest BCUT2D eigenvalue weighted by Gasteiger charge is 2.35. The zero-order valence-electron chi connectivity index (χ0n) is 14.2. The molecule has 5 nitrogen and oxygen atoms in total. The van der Waals surface area contributed by atoms with Crippen LogP contribution >= 0.6 is 24.0 Å². The summed E-state index contributed by atoms with van der Waals surface area (Å²) in [5, 5.41) is 3.12. The topological polar surface area (TPSA) is 68.9 Å². The largest absolute Gasteiger partial charge is 0.493 e. The Balaban J connectivity index is 0.00000264. The molecule has 1 aromatic carbocycles. The molecule has 130 valence electrons. The maximum absolute atomic E-state index is 6.02. The highest BCUT2D eigenvalue weighted by atomic mass is 127. The Morgan fingerprint density at radius 2 is 1.96 bits per heavy atom. The fourth-order valence-electron chi connectivity index (χ4n) is 3.05. The van der Waals surface area contributed by atoms with Crippen LogP contribution in [0.2, 0.25) is 0 Å². The maximum atomic E-state index is 6.02. The second-order valence-electron chi connectivity index (χ2n) is 6.00. The van der Waals surface area contributed by atoms with Crippen molar-refractivity contribution in [2.24, 2.45) is 16.1 Å². The zero-order valence-corrected chi connectivity index (χ0v) is 16.6. The van der Waals surface area contributed by atoms with Crippen LogP contribution in [-0.4, -0.2) is 26.7 Å². The standard InChI is InChI=1S/C17H27N3O2.HI/c1-4-8-17(9-5-10-17)12-19-16(18)20-13-6-7-14(21-2)15(11-13)22-3;/h6-7,11H,4-5,8-10,12H2,1-3H3,(H3,18,19,20);1H. The van der Waals surface area contributed by atoms with Crippen molar-refractivity contribution in [1.29, 1.82) is 0 Å². The number of methoxy groups -OCH3 is 2. The quantitative estimate of drug-likeness (QED) is 0.387. The van der Waals surface area contributed by atoms with E-state index in [9.17, 15) is 0 Å². The van der Waals surface area contributed by atoms with Gasteiger partial charge in [-0.15, -0.1) is 24.0 Å². The molecule has 0 saturated heterocycles. The number of nitrogens with one attached hydrogen (secondary N) is 1. The van der Waals surface area contributed by atoms with Gasteiger partial charge < -0.3 is 20.5 Å². The fraction of sp³-hybridized carbons (Fsp3) is 0.588. The summed E-state index contributed by atoms with van der Waals surface area (Å²) in [6.07, 6.45) is 6.30. The van der Waals surface area contributed by atoms with E-state index in [-0.39, 0.29) is 24.0 Å². The third-order valence-corrected chi connectivity index (χ3v) is 4.44. The van der Waals surface area contributed by atoms with Gasteiger partial charge >= 0.3 is 0 Å². The molecule has 1 saturated carbocycles. The average molecular weight is 433 g/mol. The minimum atomic E-state index is 0. The van der Waals surface area contributed by atoms with E-state index < -0.39 is 0 Å². The van der Waals surface area contributed by atoms with Gasteiger partial charge in [0.15, 0.2) is 17.5 Å². The van der Waals surface area contributed by atoms with Crippen LogP contribution in [0.4, 0.5) is 5.69 Å². The first-order valence-corrected chi connectivity index (χ1v) is 7.91. The lowest BCUT2D eigenvalue weighted by Crippen LogP contribution is -2.34. The Labute approximate surface area is 156 Å². The first-order chi connectivity index (χ1) is 10.6. The molecule has 2 rings (SSSR count). The molecule has 23 heavy (non-hydrogen) atoms. The van der Waals surface area contributed by atoms with Crippen LogP contribution in [0.1, 0.15) is 39.0 Å². The molecule has 0 unspecified atom stereocenters. The van der Waals surface area contributed by atoms with Gasteiger partial charge in [-0.1, -0.05) is 19.8 Å². The first-order valence-electron chi connectivity index (χ1n) is 7.91. The number of benzene rings is 1. The van der Waals surface area contributed by atoms with E-state index in [1.54, 1.807) is 14.2 Å². The van der Waals surface area contributed by atoms with Crippen molar-refractivity contribution in [3.8, 4) is 11.5 Å². The number of nitrogens with zero attached hydrogens (tertiary/aromatic N) is 1. The number of hydrogen-bond acceptors (Lipinski definition) is 3. The van der Waals surface area contributed by atoms with Crippen molar-refractivity contribution in [3.63, 3.8) is 0 Å². The van der Waals surface area contributed by atoms with Crippen molar-refractivity contribution in [2.45, 2.75) is 39.0 Å². The Kier molecular flexibility index (Phi) is 7.94. The van der Waals surface area contributed by atoms with Crippen LogP contribution in [0.25, 0.3) is 0 Å². The van der Waals surface area contributed by atoms with Crippen LogP contribution in [0.3, 0.4) is 0 Å². The van der Waals surface area contributed by atoms with Crippen LogP contribution in [0.5, 0.6) is 11.5 Å². The van der Waals surface area contributed by atoms with E-state index in [1.165, 1.54) is 32.1 Å². The van der Waals surface area contributed by atoms with Crippen molar-refractivity contribution in [1.82, 2.24) is 0 Å². The number of hydrogen-bond donors (Lipinski definition) is 2. The third kappa shape index (κ3) is 5.16.